The van der Waals surface area contributed by atoms with Gasteiger partial charge in [0, 0.05) is 17.8 Å². The molecule has 0 atom stereocenters. The fourth-order valence-electron chi connectivity index (χ4n) is 0.978. The maximum atomic E-state index is 11.5. The second kappa shape index (κ2) is 4.38. The van der Waals surface area contributed by atoms with E-state index in [4.69, 9.17) is 5.26 Å². The van der Waals surface area contributed by atoms with Crippen LogP contribution in [0.4, 0.5) is 0 Å². The van der Waals surface area contributed by atoms with E-state index in [-0.39, 0.29) is 17.6 Å². The molecule has 0 radical (unpaired) electrons. The molecule has 1 aromatic rings. The van der Waals surface area contributed by atoms with Crippen LogP contribution in [0.25, 0.3) is 0 Å². The van der Waals surface area contributed by atoms with E-state index in [0.717, 1.165) is 0 Å². The Morgan fingerprint density at radius 1 is 1.64 bits per heavy atom. The molecular formula is C10H11N3O. The number of carbonyl (C=O) groups is 1. The summed E-state index contributed by atoms with van der Waals surface area (Å²) in [5, 5.41) is 11.3. The smallest absolute Gasteiger partial charge is 0.251 e. The van der Waals surface area contributed by atoms with Crippen LogP contribution in [0.15, 0.2) is 18.3 Å². The molecule has 0 bridgehead atoms. The predicted octanol–water partition coefficient (Wildman–Crippen LogP) is 1.09. The molecule has 0 aliphatic carbocycles. The van der Waals surface area contributed by atoms with E-state index in [1.165, 1.54) is 12.3 Å². The van der Waals surface area contributed by atoms with Gasteiger partial charge in [0.25, 0.3) is 5.91 Å². The zero-order valence-electron chi connectivity index (χ0n) is 8.11. The van der Waals surface area contributed by atoms with Gasteiger partial charge in [-0.15, -0.1) is 0 Å². The summed E-state index contributed by atoms with van der Waals surface area (Å²) in [6.07, 6.45) is 1.45. The molecule has 1 rings (SSSR count). The van der Waals surface area contributed by atoms with Crippen LogP contribution in [0.3, 0.4) is 0 Å². The van der Waals surface area contributed by atoms with E-state index >= 15 is 0 Å². The van der Waals surface area contributed by atoms with Crippen LogP contribution >= 0.6 is 0 Å². The van der Waals surface area contributed by atoms with Gasteiger partial charge in [-0.3, -0.25) is 4.79 Å². The van der Waals surface area contributed by atoms with Gasteiger partial charge in [0.1, 0.15) is 11.8 Å². The van der Waals surface area contributed by atoms with Crippen molar-refractivity contribution in [1.29, 1.82) is 5.26 Å². The molecule has 1 heterocycles. The van der Waals surface area contributed by atoms with Crippen molar-refractivity contribution in [2.45, 2.75) is 19.9 Å². The van der Waals surface area contributed by atoms with Gasteiger partial charge in [-0.05, 0) is 26.0 Å². The number of pyridine rings is 1. The number of hydrogen-bond acceptors (Lipinski definition) is 3. The quantitative estimate of drug-likeness (QED) is 0.757. The summed E-state index contributed by atoms with van der Waals surface area (Å²) in [4.78, 5) is 15.3. The van der Waals surface area contributed by atoms with E-state index < -0.39 is 0 Å². The highest BCUT2D eigenvalue weighted by atomic mass is 16.1. The molecule has 0 unspecified atom stereocenters. The Labute approximate surface area is 82.6 Å². The summed E-state index contributed by atoms with van der Waals surface area (Å²) >= 11 is 0. The lowest BCUT2D eigenvalue weighted by molar-refractivity contribution is 0.0943. The van der Waals surface area contributed by atoms with Crippen molar-refractivity contribution in [3.8, 4) is 6.07 Å². The first-order valence-corrected chi connectivity index (χ1v) is 4.30. The van der Waals surface area contributed by atoms with E-state index in [9.17, 15) is 4.79 Å². The van der Waals surface area contributed by atoms with Crippen LogP contribution in [0.5, 0.6) is 0 Å². The van der Waals surface area contributed by atoms with Gasteiger partial charge in [-0.25, -0.2) is 4.98 Å². The Morgan fingerprint density at radius 2 is 2.36 bits per heavy atom. The van der Waals surface area contributed by atoms with Crippen molar-refractivity contribution in [2.75, 3.05) is 0 Å². The van der Waals surface area contributed by atoms with Crippen molar-refractivity contribution in [2.24, 2.45) is 0 Å². The van der Waals surface area contributed by atoms with Crippen molar-refractivity contribution >= 4 is 5.91 Å². The average Bonchev–Trinajstić information content (AvgIpc) is 2.17. The van der Waals surface area contributed by atoms with Crippen LogP contribution in [0.1, 0.15) is 29.9 Å². The number of amides is 1. The number of nitrogens with zero attached hydrogens (tertiary/aromatic N) is 2. The third-order valence-corrected chi connectivity index (χ3v) is 1.56. The summed E-state index contributed by atoms with van der Waals surface area (Å²) < 4.78 is 0. The predicted molar refractivity (Wildman–Crippen MR) is 51.6 cm³/mol. The van der Waals surface area contributed by atoms with Crippen LogP contribution in [-0.4, -0.2) is 16.9 Å². The van der Waals surface area contributed by atoms with E-state index in [0.29, 0.717) is 5.56 Å². The number of aromatic nitrogens is 1. The van der Waals surface area contributed by atoms with Crippen molar-refractivity contribution in [3.05, 3.63) is 29.6 Å². The fourth-order valence-corrected chi connectivity index (χ4v) is 0.978. The average molecular weight is 189 g/mol. The monoisotopic (exact) mass is 189 g/mol. The molecule has 0 saturated carbocycles. The van der Waals surface area contributed by atoms with Gasteiger partial charge in [-0.1, -0.05) is 0 Å². The molecule has 4 nitrogen and oxygen atoms in total. The topological polar surface area (TPSA) is 65.8 Å². The molecule has 14 heavy (non-hydrogen) atoms. The molecule has 1 amide bonds. The number of carbonyl (C=O) groups excluding carboxylic acids is 1. The third kappa shape index (κ3) is 2.56. The van der Waals surface area contributed by atoms with Gasteiger partial charge >= 0.3 is 0 Å². The minimum Gasteiger partial charge on any atom is -0.350 e. The molecular weight excluding hydrogens is 178 g/mol. The summed E-state index contributed by atoms with van der Waals surface area (Å²) in [7, 11) is 0. The molecule has 72 valence electrons. The first-order chi connectivity index (χ1) is 6.63. The zero-order valence-corrected chi connectivity index (χ0v) is 8.11. The van der Waals surface area contributed by atoms with Gasteiger partial charge in [-0.2, -0.15) is 5.26 Å². The third-order valence-electron chi connectivity index (χ3n) is 1.56. The summed E-state index contributed by atoms with van der Waals surface area (Å²) in [6.45, 7) is 3.76. The summed E-state index contributed by atoms with van der Waals surface area (Å²) in [6, 6.07) is 5.02. The molecule has 0 aromatic carbocycles. The van der Waals surface area contributed by atoms with E-state index in [1.54, 1.807) is 6.07 Å². The Morgan fingerprint density at radius 3 is 2.93 bits per heavy atom. The zero-order chi connectivity index (χ0) is 10.6. The van der Waals surface area contributed by atoms with Crippen molar-refractivity contribution in [1.82, 2.24) is 10.3 Å². The van der Waals surface area contributed by atoms with Gasteiger partial charge in [0.05, 0.1) is 0 Å². The Hall–Kier alpha value is -1.89. The maximum Gasteiger partial charge on any atom is 0.251 e. The van der Waals surface area contributed by atoms with E-state index in [2.05, 4.69) is 10.3 Å². The second-order valence-corrected chi connectivity index (χ2v) is 3.17. The highest BCUT2D eigenvalue weighted by Crippen LogP contribution is 2.00. The largest absolute Gasteiger partial charge is 0.350 e. The van der Waals surface area contributed by atoms with Crippen LogP contribution in [-0.2, 0) is 0 Å². The second-order valence-electron chi connectivity index (χ2n) is 3.17. The molecule has 0 aliphatic heterocycles. The van der Waals surface area contributed by atoms with Gasteiger partial charge in [0.2, 0.25) is 0 Å². The highest BCUT2D eigenvalue weighted by molar-refractivity contribution is 5.94. The van der Waals surface area contributed by atoms with E-state index in [1.807, 2.05) is 19.9 Å². The fraction of sp³-hybridized carbons (Fsp3) is 0.300. The number of nitriles is 1. The Kier molecular flexibility index (Phi) is 3.19. The molecule has 0 saturated heterocycles. The first kappa shape index (κ1) is 10.2. The lowest BCUT2D eigenvalue weighted by Crippen LogP contribution is -2.30. The Balaban J connectivity index is 2.86. The minimum atomic E-state index is -0.182. The highest BCUT2D eigenvalue weighted by Gasteiger charge is 2.07. The first-order valence-electron chi connectivity index (χ1n) is 4.30. The van der Waals surface area contributed by atoms with Crippen LogP contribution in [0, 0.1) is 11.3 Å². The standard InChI is InChI=1S/C10H11N3O/c1-7(2)13-10(14)8-3-4-12-9(5-8)6-11/h3-5,7H,1-2H3,(H,13,14). The number of nitrogens with one attached hydrogen (secondary N) is 1. The van der Waals surface area contributed by atoms with Gasteiger partial charge < -0.3 is 5.32 Å². The molecule has 1 aromatic heterocycles. The minimum absolute atomic E-state index is 0.0844. The Bertz CT molecular complexity index is 379. The molecule has 1 N–H and O–H groups in total. The number of rotatable bonds is 2. The maximum absolute atomic E-state index is 11.5. The normalized spacial score (nSPS) is 9.57. The van der Waals surface area contributed by atoms with Crippen LogP contribution in [0.2, 0.25) is 0 Å². The van der Waals surface area contributed by atoms with Crippen LogP contribution < -0.4 is 5.32 Å². The lowest BCUT2D eigenvalue weighted by atomic mass is 10.2. The summed E-state index contributed by atoms with van der Waals surface area (Å²) in [5.41, 5.74) is 0.714. The lowest BCUT2D eigenvalue weighted by Gasteiger charge is -2.07. The molecule has 4 heteroatoms. The van der Waals surface area contributed by atoms with Crippen molar-refractivity contribution < 1.29 is 4.79 Å². The molecule has 0 aliphatic rings. The molecule has 0 fully saturated rings. The summed E-state index contributed by atoms with van der Waals surface area (Å²) in [5.74, 6) is -0.182. The van der Waals surface area contributed by atoms with Crippen molar-refractivity contribution in [3.63, 3.8) is 0 Å². The van der Waals surface area contributed by atoms with Gasteiger partial charge in [0.15, 0.2) is 0 Å². The molecule has 0 spiro atoms. The SMILES string of the molecule is CC(C)NC(=O)c1ccnc(C#N)c1. The number of hydrogen-bond donors (Lipinski definition) is 1.